The molecule has 4 nitrogen and oxygen atoms in total. The van der Waals surface area contributed by atoms with Gasteiger partial charge in [0.05, 0.1) is 0 Å². The maximum atomic E-state index is 10.7. The highest BCUT2D eigenvalue weighted by Crippen LogP contribution is 2.20. The van der Waals surface area contributed by atoms with E-state index in [1.807, 2.05) is 12.2 Å². The molecular weight excluding hydrogens is 280 g/mol. The fourth-order valence-corrected chi connectivity index (χ4v) is 2.13. The van der Waals surface area contributed by atoms with Gasteiger partial charge in [0, 0.05) is 0 Å². The molecule has 0 saturated carbocycles. The van der Waals surface area contributed by atoms with Crippen molar-refractivity contribution in [3.63, 3.8) is 0 Å². The second-order valence-corrected chi connectivity index (χ2v) is 5.79. The molecule has 0 spiro atoms. The van der Waals surface area contributed by atoms with Crippen LogP contribution in [0.15, 0.2) is 52.2 Å². The highest BCUT2D eigenvalue weighted by Gasteiger charge is 2.09. The van der Waals surface area contributed by atoms with Gasteiger partial charge in [-0.05, 0) is 49.5 Å². The molecule has 4 heteroatoms. The van der Waals surface area contributed by atoms with Crippen molar-refractivity contribution in [1.29, 1.82) is 0 Å². The van der Waals surface area contributed by atoms with Gasteiger partial charge < -0.3 is 14.3 Å². The molecule has 1 aromatic heterocycles. The van der Waals surface area contributed by atoms with Crippen molar-refractivity contribution < 1.29 is 19.1 Å². The normalized spacial score (nSPS) is 14.5. The van der Waals surface area contributed by atoms with E-state index in [2.05, 4.69) is 26.0 Å². The molecule has 1 N–H and O–H groups in total. The summed E-state index contributed by atoms with van der Waals surface area (Å²) in [6.45, 7) is 4.68. The van der Waals surface area contributed by atoms with Gasteiger partial charge in [0.15, 0.2) is 0 Å². The number of carbonyl (C=O) groups is 1. The Morgan fingerprint density at radius 3 is 2.86 bits per heavy atom. The molecule has 0 radical (unpaired) electrons. The number of ether oxygens (including phenoxy) is 1. The fourth-order valence-electron chi connectivity index (χ4n) is 2.13. The Labute approximate surface area is 130 Å². The number of aromatic carboxylic acids is 1. The van der Waals surface area contributed by atoms with Gasteiger partial charge in [0.25, 0.3) is 0 Å². The van der Waals surface area contributed by atoms with Gasteiger partial charge in [-0.2, -0.15) is 0 Å². The molecule has 1 heterocycles. The lowest BCUT2D eigenvalue weighted by Crippen LogP contribution is -1.93. The molecule has 22 heavy (non-hydrogen) atoms. The van der Waals surface area contributed by atoms with Gasteiger partial charge in [-0.25, -0.2) is 4.79 Å². The SMILES string of the molecule is CC(C)CCC1=CC=C(OCc2ccc(C(=O)O)o2)C=CC1. The number of furan rings is 1. The van der Waals surface area contributed by atoms with Crippen molar-refractivity contribution in [2.75, 3.05) is 0 Å². The Hall–Kier alpha value is -2.23. The Bertz CT molecular complexity index is 602. The van der Waals surface area contributed by atoms with Crippen LogP contribution in [0.2, 0.25) is 0 Å². The van der Waals surface area contributed by atoms with E-state index in [0.717, 1.165) is 18.6 Å². The quantitative estimate of drug-likeness (QED) is 0.793. The second-order valence-electron chi connectivity index (χ2n) is 5.79. The Morgan fingerprint density at radius 2 is 2.18 bits per heavy atom. The van der Waals surface area contributed by atoms with Crippen LogP contribution in [0.3, 0.4) is 0 Å². The van der Waals surface area contributed by atoms with E-state index in [1.165, 1.54) is 18.1 Å². The topological polar surface area (TPSA) is 59.7 Å². The maximum absolute atomic E-state index is 10.7. The minimum atomic E-state index is -1.07. The molecule has 1 aromatic rings. The van der Waals surface area contributed by atoms with Gasteiger partial charge in [0.1, 0.15) is 18.1 Å². The van der Waals surface area contributed by atoms with Crippen molar-refractivity contribution >= 4 is 5.97 Å². The first kappa shape index (κ1) is 16.1. The number of carboxylic acid groups (broad SMARTS) is 1. The van der Waals surface area contributed by atoms with Crippen LogP contribution in [-0.2, 0) is 11.3 Å². The summed E-state index contributed by atoms with van der Waals surface area (Å²) in [7, 11) is 0. The zero-order valence-corrected chi connectivity index (χ0v) is 13.0. The van der Waals surface area contributed by atoms with Crippen LogP contribution in [0.5, 0.6) is 0 Å². The molecule has 0 aliphatic heterocycles. The van der Waals surface area contributed by atoms with Gasteiger partial charge in [-0.1, -0.05) is 31.6 Å². The van der Waals surface area contributed by atoms with Crippen molar-refractivity contribution in [2.24, 2.45) is 5.92 Å². The molecule has 0 amide bonds. The Kier molecular flexibility index (Phi) is 5.64. The molecule has 0 aromatic carbocycles. The van der Waals surface area contributed by atoms with Crippen LogP contribution in [0.1, 0.15) is 49.4 Å². The number of rotatable bonds is 7. The molecule has 1 aliphatic rings. The first-order valence-corrected chi connectivity index (χ1v) is 7.55. The molecule has 0 bridgehead atoms. The third-order valence-corrected chi connectivity index (χ3v) is 3.44. The summed E-state index contributed by atoms with van der Waals surface area (Å²) in [6, 6.07) is 3.05. The molecule has 0 fully saturated rings. The molecule has 0 unspecified atom stereocenters. The number of hydrogen-bond acceptors (Lipinski definition) is 3. The van der Waals surface area contributed by atoms with Crippen LogP contribution < -0.4 is 0 Å². The third-order valence-electron chi connectivity index (χ3n) is 3.44. The molecule has 0 atom stereocenters. The zero-order chi connectivity index (χ0) is 15.9. The minimum absolute atomic E-state index is 0.0696. The molecule has 2 rings (SSSR count). The Morgan fingerprint density at radius 1 is 1.36 bits per heavy atom. The fraction of sp³-hybridized carbons (Fsp3) is 0.389. The van der Waals surface area contributed by atoms with Crippen molar-refractivity contribution in [2.45, 2.75) is 39.7 Å². The molecular formula is C18H22O4. The number of allylic oxidation sites excluding steroid dienone is 5. The average Bonchev–Trinajstić information content (AvgIpc) is 2.83. The lowest BCUT2D eigenvalue weighted by atomic mass is 10.0. The van der Waals surface area contributed by atoms with Crippen molar-refractivity contribution in [1.82, 2.24) is 0 Å². The van der Waals surface area contributed by atoms with E-state index in [0.29, 0.717) is 11.7 Å². The van der Waals surface area contributed by atoms with Gasteiger partial charge in [-0.15, -0.1) is 0 Å². The lowest BCUT2D eigenvalue weighted by Gasteiger charge is -2.05. The third kappa shape index (κ3) is 4.95. The lowest BCUT2D eigenvalue weighted by molar-refractivity contribution is 0.0656. The minimum Gasteiger partial charge on any atom is -0.486 e. The van der Waals surface area contributed by atoms with E-state index in [1.54, 1.807) is 6.07 Å². The van der Waals surface area contributed by atoms with Gasteiger partial charge in [-0.3, -0.25) is 0 Å². The van der Waals surface area contributed by atoms with Gasteiger partial charge >= 0.3 is 5.97 Å². The van der Waals surface area contributed by atoms with Gasteiger partial charge in [0.2, 0.25) is 5.76 Å². The Balaban J connectivity index is 1.90. The summed E-state index contributed by atoms with van der Waals surface area (Å²) in [4.78, 5) is 10.7. The second kappa shape index (κ2) is 7.69. The first-order chi connectivity index (χ1) is 10.5. The molecule has 0 saturated heterocycles. The number of hydrogen-bond donors (Lipinski definition) is 1. The van der Waals surface area contributed by atoms with Crippen LogP contribution in [-0.4, -0.2) is 11.1 Å². The summed E-state index contributed by atoms with van der Waals surface area (Å²) in [6.07, 6.45) is 11.3. The van der Waals surface area contributed by atoms with Crippen LogP contribution in [0, 0.1) is 5.92 Å². The smallest absolute Gasteiger partial charge is 0.371 e. The van der Waals surface area contributed by atoms with E-state index >= 15 is 0 Å². The summed E-state index contributed by atoms with van der Waals surface area (Å²) in [5.41, 5.74) is 1.40. The summed E-state index contributed by atoms with van der Waals surface area (Å²) in [5.74, 6) is 0.820. The van der Waals surface area contributed by atoms with E-state index in [9.17, 15) is 4.79 Å². The average molecular weight is 302 g/mol. The highest BCUT2D eigenvalue weighted by molar-refractivity contribution is 5.84. The van der Waals surface area contributed by atoms with E-state index in [4.69, 9.17) is 14.3 Å². The first-order valence-electron chi connectivity index (χ1n) is 7.55. The highest BCUT2D eigenvalue weighted by atomic mass is 16.5. The molecule has 118 valence electrons. The predicted octanol–water partition coefficient (Wildman–Crippen LogP) is 4.70. The van der Waals surface area contributed by atoms with Crippen LogP contribution in [0.25, 0.3) is 0 Å². The molecule has 1 aliphatic carbocycles. The summed E-state index contributed by atoms with van der Waals surface area (Å²) < 4.78 is 10.8. The van der Waals surface area contributed by atoms with Crippen molar-refractivity contribution in [3.05, 3.63) is 59.3 Å². The zero-order valence-electron chi connectivity index (χ0n) is 13.0. The van der Waals surface area contributed by atoms with E-state index in [-0.39, 0.29) is 12.4 Å². The van der Waals surface area contributed by atoms with Crippen LogP contribution in [0.4, 0.5) is 0 Å². The maximum Gasteiger partial charge on any atom is 0.371 e. The standard InChI is InChI=1S/C18H22O4/c1-13(2)6-7-14-4-3-5-15(9-8-14)21-12-16-10-11-17(22-16)18(19)20/h3,5,8-11,13H,4,6-7,12H2,1-2H3,(H,19,20). The summed E-state index contributed by atoms with van der Waals surface area (Å²) in [5, 5.41) is 8.81. The predicted molar refractivity (Wildman–Crippen MR) is 84.5 cm³/mol. The monoisotopic (exact) mass is 302 g/mol. The largest absolute Gasteiger partial charge is 0.486 e. The van der Waals surface area contributed by atoms with E-state index < -0.39 is 5.97 Å². The van der Waals surface area contributed by atoms with Crippen molar-refractivity contribution in [3.8, 4) is 0 Å². The van der Waals surface area contributed by atoms with Crippen LogP contribution >= 0.6 is 0 Å². The summed E-state index contributed by atoms with van der Waals surface area (Å²) >= 11 is 0. The number of carboxylic acids is 1.